The van der Waals surface area contributed by atoms with Crippen LogP contribution in [-0.2, 0) is 19.1 Å². The Labute approximate surface area is 172 Å². The lowest BCUT2D eigenvalue weighted by atomic mass is 10.0. The van der Waals surface area contributed by atoms with Crippen LogP contribution in [0.15, 0.2) is 35.5 Å². The summed E-state index contributed by atoms with van der Waals surface area (Å²) in [5, 5.41) is 0. The van der Waals surface area contributed by atoms with Crippen molar-refractivity contribution >= 4 is 11.9 Å². The zero-order valence-corrected chi connectivity index (χ0v) is 18.8. The Kier molecular flexibility index (Phi) is 15.1. The van der Waals surface area contributed by atoms with Crippen molar-refractivity contribution in [3.05, 3.63) is 35.5 Å². The predicted octanol–water partition coefficient (Wildman–Crippen LogP) is 6.17. The highest BCUT2D eigenvalue weighted by atomic mass is 16.5. The first-order valence-electron chi connectivity index (χ1n) is 10.5. The topological polar surface area (TPSA) is 52.6 Å². The van der Waals surface area contributed by atoms with Gasteiger partial charge in [-0.25, -0.2) is 9.59 Å². The van der Waals surface area contributed by atoms with Crippen LogP contribution in [0.4, 0.5) is 0 Å². The Morgan fingerprint density at radius 1 is 0.679 bits per heavy atom. The summed E-state index contributed by atoms with van der Waals surface area (Å²) in [6.07, 6.45) is 12.7. The van der Waals surface area contributed by atoms with Gasteiger partial charge in [-0.3, -0.25) is 0 Å². The molecule has 28 heavy (non-hydrogen) atoms. The van der Waals surface area contributed by atoms with Gasteiger partial charge in [0.2, 0.25) is 0 Å². The van der Waals surface area contributed by atoms with E-state index in [4.69, 9.17) is 9.47 Å². The maximum absolute atomic E-state index is 11.7. The van der Waals surface area contributed by atoms with Gasteiger partial charge in [0.25, 0.3) is 0 Å². The minimum Gasteiger partial charge on any atom is -0.463 e. The van der Waals surface area contributed by atoms with Crippen LogP contribution in [0.25, 0.3) is 0 Å². The van der Waals surface area contributed by atoms with Crippen molar-refractivity contribution in [3.63, 3.8) is 0 Å². The Balaban J connectivity index is 3.85. The Morgan fingerprint density at radius 2 is 1.04 bits per heavy atom. The van der Waals surface area contributed by atoms with Crippen molar-refractivity contribution < 1.29 is 19.1 Å². The van der Waals surface area contributed by atoms with Gasteiger partial charge in [-0.15, -0.1) is 0 Å². The van der Waals surface area contributed by atoms with Crippen LogP contribution < -0.4 is 0 Å². The van der Waals surface area contributed by atoms with E-state index < -0.39 is 11.9 Å². The van der Waals surface area contributed by atoms with Crippen LogP contribution in [0.3, 0.4) is 0 Å². The van der Waals surface area contributed by atoms with Crippen molar-refractivity contribution in [1.82, 2.24) is 0 Å². The summed E-state index contributed by atoms with van der Waals surface area (Å²) in [6.45, 7) is 13.4. The number of hydrogen-bond donors (Lipinski definition) is 0. The van der Waals surface area contributed by atoms with E-state index >= 15 is 0 Å². The van der Waals surface area contributed by atoms with Crippen molar-refractivity contribution in [3.8, 4) is 0 Å². The minimum absolute atomic E-state index is 0.372. The third kappa shape index (κ3) is 17.6. The van der Waals surface area contributed by atoms with E-state index in [0.29, 0.717) is 25.0 Å². The summed E-state index contributed by atoms with van der Waals surface area (Å²) in [5.74, 6) is -0.000731. The van der Waals surface area contributed by atoms with Gasteiger partial charge in [-0.05, 0) is 78.1 Å². The smallest absolute Gasteiger partial charge is 0.331 e. The van der Waals surface area contributed by atoms with Crippen molar-refractivity contribution in [2.24, 2.45) is 11.8 Å². The lowest BCUT2D eigenvalue weighted by Crippen LogP contribution is -2.09. The number of carbonyl (C=O) groups excluding carboxylic acids is 2. The van der Waals surface area contributed by atoms with Gasteiger partial charge in [0.1, 0.15) is 0 Å². The maximum Gasteiger partial charge on any atom is 0.331 e. The second-order valence-electron chi connectivity index (χ2n) is 8.17. The van der Waals surface area contributed by atoms with Crippen molar-refractivity contribution in [1.29, 1.82) is 0 Å². The molecular formula is C24H40O4. The molecule has 0 heterocycles. The third-order valence-electron chi connectivity index (χ3n) is 4.49. The molecule has 0 saturated heterocycles. The van der Waals surface area contributed by atoms with Crippen LogP contribution in [0.1, 0.15) is 80.1 Å². The summed E-state index contributed by atoms with van der Waals surface area (Å²) in [7, 11) is 0. The summed E-state index contributed by atoms with van der Waals surface area (Å²) in [5.41, 5.74) is 2.66. The monoisotopic (exact) mass is 392 g/mol. The standard InChI is InChI=1S/C24H40O4/c1-19(2)9-7-11-21(5)15-17-27-23(25)13-14-24(26)28-18-16-22(6)12-8-10-20(3)4/h9-10,13-14,21-22H,7-8,11-12,15-18H2,1-6H3. The highest BCUT2D eigenvalue weighted by Gasteiger charge is 2.06. The second kappa shape index (κ2) is 16.1. The molecule has 0 aliphatic carbocycles. The average Bonchev–Trinajstić information content (AvgIpc) is 2.59. The second-order valence-corrected chi connectivity index (χ2v) is 8.17. The highest BCUT2D eigenvalue weighted by molar-refractivity contribution is 5.91. The molecule has 0 amide bonds. The predicted molar refractivity (Wildman–Crippen MR) is 116 cm³/mol. The van der Waals surface area contributed by atoms with Crippen molar-refractivity contribution in [2.75, 3.05) is 13.2 Å². The number of rotatable bonds is 14. The van der Waals surface area contributed by atoms with Crippen LogP contribution in [-0.4, -0.2) is 25.2 Å². The Morgan fingerprint density at radius 3 is 1.36 bits per heavy atom. The van der Waals surface area contributed by atoms with E-state index in [9.17, 15) is 9.59 Å². The number of allylic oxidation sites excluding steroid dienone is 4. The van der Waals surface area contributed by atoms with Gasteiger partial charge in [0, 0.05) is 12.2 Å². The van der Waals surface area contributed by atoms with E-state index in [1.807, 2.05) is 0 Å². The molecule has 0 aromatic carbocycles. The first-order chi connectivity index (χ1) is 13.2. The fourth-order valence-corrected chi connectivity index (χ4v) is 2.56. The van der Waals surface area contributed by atoms with E-state index in [1.165, 1.54) is 11.1 Å². The molecule has 0 bridgehead atoms. The van der Waals surface area contributed by atoms with Crippen molar-refractivity contribution in [2.45, 2.75) is 80.1 Å². The number of hydrogen-bond acceptors (Lipinski definition) is 4. The average molecular weight is 393 g/mol. The molecule has 0 aliphatic rings. The van der Waals surface area contributed by atoms with E-state index in [-0.39, 0.29) is 0 Å². The molecule has 0 fully saturated rings. The number of ether oxygens (including phenoxy) is 2. The third-order valence-corrected chi connectivity index (χ3v) is 4.49. The van der Waals surface area contributed by atoms with E-state index in [2.05, 4.69) is 53.7 Å². The molecule has 0 aromatic rings. The minimum atomic E-state index is -0.497. The van der Waals surface area contributed by atoms with Gasteiger partial charge < -0.3 is 9.47 Å². The molecule has 4 nitrogen and oxygen atoms in total. The van der Waals surface area contributed by atoms with Gasteiger partial charge in [0.15, 0.2) is 0 Å². The lowest BCUT2D eigenvalue weighted by molar-refractivity contribution is -0.140. The quantitative estimate of drug-likeness (QED) is 0.201. The zero-order chi connectivity index (χ0) is 21.4. The fourth-order valence-electron chi connectivity index (χ4n) is 2.56. The zero-order valence-electron chi connectivity index (χ0n) is 18.8. The van der Waals surface area contributed by atoms with Gasteiger partial charge in [-0.2, -0.15) is 0 Å². The summed E-state index contributed by atoms with van der Waals surface area (Å²) >= 11 is 0. The first-order valence-corrected chi connectivity index (χ1v) is 10.5. The summed E-state index contributed by atoms with van der Waals surface area (Å²) in [6, 6.07) is 0. The van der Waals surface area contributed by atoms with Gasteiger partial charge in [-0.1, -0.05) is 37.1 Å². The molecule has 0 N–H and O–H groups in total. The maximum atomic E-state index is 11.7. The Hall–Kier alpha value is -1.84. The highest BCUT2D eigenvalue weighted by Crippen LogP contribution is 2.13. The number of carbonyl (C=O) groups is 2. The van der Waals surface area contributed by atoms with Crippen LogP contribution in [0.2, 0.25) is 0 Å². The molecule has 0 spiro atoms. The molecular weight excluding hydrogens is 352 g/mol. The first kappa shape index (κ1) is 26.2. The molecule has 2 atom stereocenters. The molecule has 2 unspecified atom stereocenters. The van der Waals surface area contributed by atoms with Crippen LogP contribution in [0.5, 0.6) is 0 Å². The van der Waals surface area contributed by atoms with Gasteiger partial charge in [0.05, 0.1) is 13.2 Å². The summed E-state index contributed by atoms with van der Waals surface area (Å²) in [4.78, 5) is 23.3. The van der Waals surface area contributed by atoms with E-state index in [1.54, 1.807) is 0 Å². The molecule has 0 saturated carbocycles. The molecule has 160 valence electrons. The molecule has 0 aliphatic heterocycles. The number of esters is 2. The summed E-state index contributed by atoms with van der Waals surface area (Å²) < 4.78 is 10.3. The fraction of sp³-hybridized carbons (Fsp3) is 0.667. The normalized spacial score (nSPS) is 12.9. The Bertz CT molecular complexity index is 487. The molecule has 0 radical (unpaired) electrons. The molecule has 4 heteroatoms. The van der Waals surface area contributed by atoms with Gasteiger partial charge >= 0.3 is 11.9 Å². The molecule has 0 rings (SSSR count). The van der Waals surface area contributed by atoms with Crippen LogP contribution in [0, 0.1) is 11.8 Å². The van der Waals surface area contributed by atoms with Crippen LogP contribution >= 0.6 is 0 Å². The lowest BCUT2D eigenvalue weighted by Gasteiger charge is -2.10. The van der Waals surface area contributed by atoms with E-state index in [0.717, 1.165) is 50.7 Å². The molecule has 0 aromatic heterocycles. The SMILES string of the molecule is CC(C)=CCCC(C)CCOC(=O)C=CC(=O)OCCC(C)CCC=C(C)C. The largest absolute Gasteiger partial charge is 0.463 e.